The van der Waals surface area contributed by atoms with E-state index in [-0.39, 0.29) is 35.6 Å². The van der Waals surface area contributed by atoms with Crippen LogP contribution in [0.1, 0.15) is 90.6 Å². The van der Waals surface area contributed by atoms with Gasteiger partial charge in [0.2, 0.25) is 0 Å². The van der Waals surface area contributed by atoms with Crippen molar-refractivity contribution in [3.63, 3.8) is 0 Å². The number of ether oxygens (including phenoxy) is 1. The molecular formula is C29H31ClFN3O5. The fourth-order valence-corrected chi connectivity index (χ4v) is 4.94. The molecule has 206 valence electrons. The highest BCUT2D eigenvalue weighted by atomic mass is 35.5. The number of alkyl carbamates (subject to hydrolysis) is 1. The minimum atomic E-state index is -1.28. The molecule has 1 unspecified atom stereocenters. The lowest BCUT2D eigenvalue weighted by atomic mass is 9.86. The zero-order valence-corrected chi connectivity index (χ0v) is 22.7. The van der Waals surface area contributed by atoms with E-state index < -0.39 is 35.4 Å². The Bertz CT molecular complexity index is 1380. The van der Waals surface area contributed by atoms with Crippen LogP contribution in [0.3, 0.4) is 0 Å². The Morgan fingerprint density at radius 2 is 1.85 bits per heavy atom. The number of carbonyl (C=O) groups is 3. The van der Waals surface area contributed by atoms with Gasteiger partial charge in [-0.15, -0.1) is 0 Å². The van der Waals surface area contributed by atoms with Crippen LogP contribution in [0.4, 0.5) is 9.18 Å². The Balaban J connectivity index is 1.67. The Hall–Kier alpha value is -3.72. The van der Waals surface area contributed by atoms with Crippen LogP contribution in [0.5, 0.6) is 0 Å². The van der Waals surface area contributed by atoms with Crippen molar-refractivity contribution in [2.45, 2.75) is 70.4 Å². The topological polar surface area (TPSA) is 129 Å². The normalized spacial score (nSPS) is 17.4. The van der Waals surface area contributed by atoms with Gasteiger partial charge in [0.25, 0.3) is 5.91 Å². The third kappa shape index (κ3) is 6.84. The monoisotopic (exact) mass is 555 g/mol. The minimum Gasteiger partial charge on any atom is -0.478 e. The molecule has 2 aromatic carbocycles. The molecule has 0 aliphatic heterocycles. The van der Waals surface area contributed by atoms with Gasteiger partial charge in [0, 0.05) is 23.7 Å². The molecule has 0 bridgehead atoms. The SMILES string of the molecule is CC(C)(C)OC(=O)NC1CCC(C(=N)c2ccc(C(=O)O)cc2F)=C(NC(=O)c2c(Cl)cccc2C2CC2)C1. The molecule has 0 aromatic heterocycles. The molecule has 2 aromatic rings. The number of carboxylic acid groups (broad SMARTS) is 1. The Kier molecular flexibility index (Phi) is 8.11. The molecule has 0 radical (unpaired) electrons. The van der Waals surface area contributed by atoms with Gasteiger partial charge in [-0.25, -0.2) is 14.0 Å². The van der Waals surface area contributed by atoms with E-state index in [9.17, 15) is 18.8 Å². The summed E-state index contributed by atoms with van der Waals surface area (Å²) in [5.41, 5.74) is 0.790. The fraction of sp³-hybridized carbons (Fsp3) is 0.379. The molecule has 0 saturated heterocycles. The zero-order chi connectivity index (χ0) is 28.5. The van der Waals surface area contributed by atoms with E-state index in [1.165, 1.54) is 12.1 Å². The number of rotatable bonds is 7. The summed E-state index contributed by atoms with van der Waals surface area (Å²) in [6.45, 7) is 5.26. The largest absolute Gasteiger partial charge is 0.478 e. The Morgan fingerprint density at radius 1 is 1.13 bits per heavy atom. The summed E-state index contributed by atoms with van der Waals surface area (Å²) in [5, 5.41) is 24.0. The summed E-state index contributed by atoms with van der Waals surface area (Å²) >= 11 is 6.44. The predicted octanol–water partition coefficient (Wildman–Crippen LogP) is 6.18. The Morgan fingerprint density at radius 3 is 2.46 bits per heavy atom. The third-order valence-electron chi connectivity index (χ3n) is 6.62. The van der Waals surface area contributed by atoms with Gasteiger partial charge in [0.1, 0.15) is 11.4 Å². The summed E-state index contributed by atoms with van der Waals surface area (Å²) in [6.07, 6.45) is 2.17. The van der Waals surface area contributed by atoms with Crippen molar-refractivity contribution in [1.82, 2.24) is 10.6 Å². The van der Waals surface area contributed by atoms with Gasteiger partial charge in [-0.3, -0.25) is 10.2 Å². The second kappa shape index (κ2) is 11.2. The molecule has 4 N–H and O–H groups in total. The molecule has 0 spiro atoms. The van der Waals surface area contributed by atoms with Crippen LogP contribution in [-0.4, -0.2) is 40.4 Å². The van der Waals surface area contributed by atoms with Crippen LogP contribution in [0, 0.1) is 11.2 Å². The number of hydrogen-bond donors (Lipinski definition) is 4. The minimum absolute atomic E-state index is 0.0864. The molecule has 39 heavy (non-hydrogen) atoms. The highest BCUT2D eigenvalue weighted by Crippen LogP contribution is 2.43. The first-order valence-corrected chi connectivity index (χ1v) is 13.1. The van der Waals surface area contributed by atoms with Gasteiger partial charge in [-0.2, -0.15) is 0 Å². The lowest BCUT2D eigenvalue weighted by Crippen LogP contribution is -2.42. The van der Waals surface area contributed by atoms with Gasteiger partial charge in [0.15, 0.2) is 0 Å². The molecule has 1 saturated carbocycles. The number of carboxylic acids is 1. The zero-order valence-electron chi connectivity index (χ0n) is 22.0. The number of benzene rings is 2. The first-order valence-electron chi connectivity index (χ1n) is 12.8. The highest BCUT2D eigenvalue weighted by molar-refractivity contribution is 6.34. The van der Waals surface area contributed by atoms with E-state index in [2.05, 4.69) is 10.6 Å². The predicted molar refractivity (Wildman–Crippen MR) is 145 cm³/mol. The molecule has 10 heteroatoms. The number of allylic oxidation sites excluding steroid dienone is 1. The first-order chi connectivity index (χ1) is 18.3. The highest BCUT2D eigenvalue weighted by Gasteiger charge is 2.32. The second-order valence-electron chi connectivity index (χ2n) is 10.9. The van der Waals surface area contributed by atoms with Crippen LogP contribution in [0.25, 0.3) is 0 Å². The molecule has 4 rings (SSSR count). The lowest BCUT2D eigenvalue weighted by molar-refractivity contribution is 0.0499. The molecule has 2 aliphatic carbocycles. The van der Waals surface area contributed by atoms with Crippen molar-refractivity contribution in [1.29, 1.82) is 5.41 Å². The van der Waals surface area contributed by atoms with E-state index in [0.717, 1.165) is 24.5 Å². The average molecular weight is 556 g/mol. The van der Waals surface area contributed by atoms with E-state index >= 15 is 0 Å². The van der Waals surface area contributed by atoms with Gasteiger partial charge >= 0.3 is 12.1 Å². The van der Waals surface area contributed by atoms with Crippen LogP contribution < -0.4 is 10.6 Å². The van der Waals surface area contributed by atoms with Crippen LogP contribution in [-0.2, 0) is 4.74 Å². The van der Waals surface area contributed by atoms with Crippen LogP contribution in [0.15, 0.2) is 47.7 Å². The van der Waals surface area contributed by atoms with Crippen molar-refractivity contribution >= 4 is 35.3 Å². The van der Waals surface area contributed by atoms with E-state index in [1.807, 2.05) is 6.07 Å². The molecule has 1 atom stereocenters. The van der Waals surface area contributed by atoms with Gasteiger partial charge < -0.3 is 20.5 Å². The molecular weight excluding hydrogens is 525 g/mol. The van der Waals surface area contributed by atoms with E-state index in [0.29, 0.717) is 28.3 Å². The van der Waals surface area contributed by atoms with E-state index in [4.69, 9.17) is 26.9 Å². The Labute approximate surface area is 231 Å². The smallest absolute Gasteiger partial charge is 0.407 e. The number of aromatic carboxylic acids is 1. The summed E-state index contributed by atoms with van der Waals surface area (Å²) in [4.78, 5) is 37.2. The average Bonchev–Trinajstić information content (AvgIpc) is 3.67. The van der Waals surface area contributed by atoms with Gasteiger partial charge in [-0.1, -0.05) is 23.7 Å². The molecule has 1 fully saturated rings. The number of nitrogens with one attached hydrogen (secondary N) is 3. The maximum absolute atomic E-state index is 14.9. The first kappa shape index (κ1) is 28.3. The van der Waals surface area contributed by atoms with Crippen molar-refractivity contribution in [3.8, 4) is 0 Å². The molecule has 2 aliphatic rings. The summed E-state index contributed by atoms with van der Waals surface area (Å²) in [7, 11) is 0. The maximum atomic E-state index is 14.9. The lowest BCUT2D eigenvalue weighted by Gasteiger charge is -2.30. The number of carbonyl (C=O) groups excluding carboxylic acids is 2. The standard InChI is InChI=1S/C29H31ClFN3O5/c1-29(2,3)39-28(38)33-17-10-12-20(25(32)19-11-9-16(27(36)37)13-22(19)31)23(14-17)34-26(35)24-18(15-7-8-15)5-4-6-21(24)30/h4-6,9,11,13,15,17,32H,7-8,10,12,14H2,1-3H3,(H,33,38)(H,34,35)(H,36,37). The van der Waals surface area contributed by atoms with E-state index in [1.54, 1.807) is 32.9 Å². The van der Waals surface area contributed by atoms with Crippen molar-refractivity contribution in [2.24, 2.45) is 0 Å². The third-order valence-corrected chi connectivity index (χ3v) is 6.94. The number of amides is 2. The number of halogens is 2. The van der Waals surface area contributed by atoms with Gasteiger partial charge in [-0.05, 0) is 87.8 Å². The molecule has 8 nitrogen and oxygen atoms in total. The second-order valence-corrected chi connectivity index (χ2v) is 11.3. The quantitative estimate of drug-likeness (QED) is 0.303. The van der Waals surface area contributed by atoms with Crippen molar-refractivity contribution < 1.29 is 28.6 Å². The molecule has 2 amide bonds. The summed E-state index contributed by atoms with van der Waals surface area (Å²) < 4.78 is 20.2. The van der Waals surface area contributed by atoms with Crippen molar-refractivity contribution in [3.05, 3.63) is 80.8 Å². The molecule has 0 heterocycles. The number of hydrogen-bond acceptors (Lipinski definition) is 5. The maximum Gasteiger partial charge on any atom is 0.407 e. The van der Waals surface area contributed by atoms with Crippen molar-refractivity contribution in [2.75, 3.05) is 0 Å². The summed E-state index contributed by atoms with van der Waals surface area (Å²) in [5.74, 6) is -2.32. The fourth-order valence-electron chi connectivity index (χ4n) is 4.67. The summed E-state index contributed by atoms with van der Waals surface area (Å²) in [6, 6.07) is 8.27. The van der Waals surface area contributed by atoms with Crippen LogP contribution >= 0.6 is 11.6 Å². The van der Waals surface area contributed by atoms with Crippen LogP contribution in [0.2, 0.25) is 5.02 Å². The van der Waals surface area contributed by atoms with Gasteiger partial charge in [0.05, 0.1) is 21.9 Å².